The molecule has 162 valence electrons. The second-order valence-corrected chi connectivity index (χ2v) is 7.50. The summed E-state index contributed by atoms with van der Waals surface area (Å²) >= 11 is 0. The zero-order valence-corrected chi connectivity index (χ0v) is 17.9. The van der Waals surface area contributed by atoms with E-state index < -0.39 is 0 Å². The highest BCUT2D eigenvalue weighted by atomic mass is 16.5. The van der Waals surface area contributed by atoms with E-state index in [0.29, 0.717) is 29.3 Å². The predicted octanol–water partition coefficient (Wildman–Crippen LogP) is 4.87. The third kappa shape index (κ3) is 5.31. The molecule has 0 aliphatic heterocycles. The van der Waals surface area contributed by atoms with Gasteiger partial charge in [0, 0.05) is 11.8 Å². The van der Waals surface area contributed by atoms with Crippen molar-refractivity contribution in [1.82, 2.24) is 9.78 Å². The lowest BCUT2D eigenvalue weighted by Crippen LogP contribution is -2.10. The van der Waals surface area contributed by atoms with Crippen LogP contribution in [-0.4, -0.2) is 21.5 Å². The number of amides is 1. The van der Waals surface area contributed by atoms with Crippen LogP contribution in [-0.2, 0) is 13.2 Å². The molecule has 0 spiro atoms. The van der Waals surface area contributed by atoms with Gasteiger partial charge in [-0.3, -0.25) is 14.3 Å². The molecule has 0 saturated carbocycles. The largest absolute Gasteiger partial charge is 0.486 e. The van der Waals surface area contributed by atoms with Crippen LogP contribution >= 0.6 is 0 Å². The van der Waals surface area contributed by atoms with Gasteiger partial charge in [0.25, 0.3) is 5.91 Å². The molecule has 0 atom stereocenters. The van der Waals surface area contributed by atoms with Gasteiger partial charge in [-0.1, -0.05) is 29.8 Å². The average molecular weight is 429 g/mol. The highest BCUT2D eigenvalue weighted by Crippen LogP contribution is 2.17. The van der Waals surface area contributed by atoms with Gasteiger partial charge in [0.2, 0.25) is 0 Å². The first-order valence-electron chi connectivity index (χ1n) is 10.2. The summed E-state index contributed by atoms with van der Waals surface area (Å²) in [5, 5.41) is 7.08. The number of benzene rings is 2. The number of aryl methyl sites for hydroxylation is 1. The molecule has 0 saturated heterocycles. The Morgan fingerprint density at radius 3 is 2.50 bits per heavy atom. The van der Waals surface area contributed by atoms with Gasteiger partial charge < -0.3 is 14.5 Å². The molecule has 2 aromatic heterocycles. The number of furan rings is 1. The topological polar surface area (TPSA) is 86.4 Å². The fourth-order valence-electron chi connectivity index (χ4n) is 3.11. The number of nitrogens with zero attached hydrogens (tertiary/aromatic N) is 2. The van der Waals surface area contributed by atoms with E-state index in [0.717, 1.165) is 5.56 Å². The molecule has 2 heterocycles. The van der Waals surface area contributed by atoms with E-state index in [2.05, 4.69) is 34.7 Å². The van der Waals surface area contributed by atoms with Crippen molar-refractivity contribution in [2.24, 2.45) is 0 Å². The Labute approximate surface area is 185 Å². The van der Waals surface area contributed by atoms with Crippen molar-refractivity contribution < 1.29 is 18.7 Å². The molecule has 0 radical (unpaired) electrons. The van der Waals surface area contributed by atoms with Crippen molar-refractivity contribution in [2.45, 2.75) is 27.0 Å². The third-order valence-corrected chi connectivity index (χ3v) is 4.88. The van der Waals surface area contributed by atoms with E-state index in [1.165, 1.54) is 12.5 Å². The van der Waals surface area contributed by atoms with Gasteiger partial charge in [0.05, 0.1) is 18.4 Å². The number of ketones is 1. The van der Waals surface area contributed by atoms with Gasteiger partial charge in [-0.15, -0.1) is 0 Å². The molecule has 32 heavy (non-hydrogen) atoms. The standard InChI is InChI=1S/C25H23N3O4/c1-17-3-5-19(6-4-17)14-28-15-21(13-26-28)27-25(30)24-12-11-23(32-24)16-31-22-9-7-20(8-10-22)18(2)29/h3-13,15H,14,16H2,1-2H3,(H,27,30). The van der Waals surface area contributed by atoms with Gasteiger partial charge >= 0.3 is 0 Å². The summed E-state index contributed by atoms with van der Waals surface area (Å²) in [5.74, 6) is 0.942. The fraction of sp³-hybridized carbons (Fsp3) is 0.160. The van der Waals surface area contributed by atoms with Crippen LogP contribution in [0.4, 0.5) is 5.69 Å². The predicted molar refractivity (Wildman–Crippen MR) is 120 cm³/mol. The summed E-state index contributed by atoms with van der Waals surface area (Å²) in [7, 11) is 0. The molecule has 7 heteroatoms. The first-order chi connectivity index (χ1) is 15.5. The number of aromatic nitrogens is 2. The Morgan fingerprint density at radius 2 is 1.78 bits per heavy atom. The number of hydrogen-bond donors (Lipinski definition) is 1. The van der Waals surface area contributed by atoms with E-state index in [1.807, 2.05) is 6.92 Å². The van der Waals surface area contributed by atoms with Crippen LogP contribution in [0, 0.1) is 6.92 Å². The van der Waals surface area contributed by atoms with Gasteiger partial charge in [0.1, 0.15) is 18.1 Å². The Bertz CT molecular complexity index is 1220. The minimum absolute atomic E-state index is 0.000990. The monoisotopic (exact) mass is 429 g/mol. The van der Waals surface area contributed by atoms with Gasteiger partial charge in [-0.05, 0) is 55.8 Å². The van der Waals surface area contributed by atoms with E-state index in [1.54, 1.807) is 53.5 Å². The molecule has 0 fully saturated rings. The van der Waals surface area contributed by atoms with Crippen LogP contribution in [0.15, 0.2) is 77.5 Å². The first-order valence-corrected chi connectivity index (χ1v) is 10.2. The Balaban J connectivity index is 1.31. The molecule has 4 rings (SSSR count). The zero-order valence-electron chi connectivity index (χ0n) is 17.9. The molecular formula is C25H23N3O4. The van der Waals surface area contributed by atoms with Crippen LogP contribution in [0.5, 0.6) is 5.75 Å². The highest BCUT2D eigenvalue weighted by molar-refractivity contribution is 6.02. The molecule has 0 aliphatic rings. The summed E-state index contributed by atoms with van der Waals surface area (Å²) in [6.45, 7) is 4.34. The molecule has 0 unspecified atom stereocenters. The average Bonchev–Trinajstić information content (AvgIpc) is 3.44. The van der Waals surface area contributed by atoms with E-state index in [9.17, 15) is 9.59 Å². The van der Waals surface area contributed by atoms with Crippen molar-refractivity contribution in [3.05, 3.63) is 101 Å². The number of carbonyl (C=O) groups is 2. The molecule has 4 aromatic rings. The van der Waals surface area contributed by atoms with Crippen LogP contribution in [0.1, 0.15) is 44.7 Å². The van der Waals surface area contributed by atoms with Crippen LogP contribution in [0.2, 0.25) is 0 Å². The molecular weight excluding hydrogens is 406 g/mol. The fourth-order valence-corrected chi connectivity index (χ4v) is 3.11. The number of anilines is 1. The van der Waals surface area contributed by atoms with Gasteiger partial charge in [-0.2, -0.15) is 5.10 Å². The minimum atomic E-state index is -0.364. The molecule has 1 N–H and O–H groups in total. The van der Waals surface area contributed by atoms with E-state index in [4.69, 9.17) is 9.15 Å². The highest BCUT2D eigenvalue weighted by Gasteiger charge is 2.13. The lowest BCUT2D eigenvalue weighted by atomic mass is 10.1. The maximum Gasteiger partial charge on any atom is 0.291 e. The van der Waals surface area contributed by atoms with Crippen LogP contribution < -0.4 is 10.1 Å². The smallest absolute Gasteiger partial charge is 0.291 e. The summed E-state index contributed by atoms with van der Waals surface area (Å²) in [5.41, 5.74) is 3.54. The SMILES string of the molecule is CC(=O)c1ccc(OCc2ccc(C(=O)Nc3cnn(Cc4ccc(C)cc4)c3)o2)cc1. The first kappa shape index (κ1) is 21.1. The Kier molecular flexibility index (Phi) is 6.17. The zero-order chi connectivity index (χ0) is 22.5. The van der Waals surface area contributed by atoms with Crippen LogP contribution in [0.25, 0.3) is 0 Å². The molecule has 0 aliphatic carbocycles. The third-order valence-electron chi connectivity index (χ3n) is 4.88. The van der Waals surface area contributed by atoms with Gasteiger partial charge in [-0.25, -0.2) is 0 Å². The Morgan fingerprint density at radius 1 is 1.03 bits per heavy atom. The molecule has 2 aromatic carbocycles. The molecule has 0 bridgehead atoms. The second kappa shape index (κ2) is 9.34. The lowest BCUT2D eigenvalue weighted by molar-refractivity contribution is 0.0990. The number of nitrogens with one attached hydrogen (secondary N) is 1. The van der Waals surface area contributed by atoms with Crippen molar-refractivity contribution in [2.75, 3.05) is 5.32 Å². The number of rotatable bonds is 8. The van der Waals surface area contributed by atoms with E-state index >= 15 is 0 Å². The summed E-state index contributed by atoms with van der Waals surface area (Å²) < 4.78 is 13.0. The minimum Gasteiger partial charge on any atom is -0.486 e. The quantitative estimate of drug-likeness (QED) is 0.404. The summed E-state index contributed by atoms with van der Waals surface area (Å²) in [6.07, 6.45) is 3.37. The van der Waals surface area contributed by atoms with E-state index in [-0.39, 0.29) is 24.1 Å². The summed E-state index contributed by atoms with van der Waals surface area (Å²) in [4.78, 5) is 23.8. The Hall–Kier alpha value is -4.13. The number of hydrogen-bond acceptors (Lipinski definition) is 5. The summed E-state index contributed by atoms with van der Waals surface area (Å²) in [6, 6.07) is 18.4. The lowest BCUT2D eigenvalue weighted by Gasteiger charge is -2.05. The molecule has 7 nitrogen and oxygen atoms in total. The maximum atomic E-state index is 12.5. The maximum absolute atomic E-state index is 12.5. The van der Waals surface area contributed by atoms with Crippen molar-refractivity contribution in [1.29, 1.82) is 0 Å². The van der Waals surface area contributed by atoms with Crippen LogP contribution in [0.3, 0.4) is 0 Å². The van der Waals surface area contributed by atoms with Crippen molar-refractivity contribution >= 4 is 17.4 Å². The normalized spacial score (nSPS) is 10.7. The second-order valence-electron chi connectivity index (χ2n) is 7.50. The van der Waals surface area contributed by atoms with Crippen molar-refractivity contribution in [3.63, 3.8) is 0 Å². The number of Topliss-reactive ketones (excluding diaryl/α,β-unsaturated/α-hetero) is 1. The van der Waals surface area contributed by atoms with Gasteiger partial charge in [0.15, 0.2) is 11.5 Å². The number of ether oxygens (including phenoxy) is 1. The van der Waals surface area contributed by atoms with Crippen molar-refractivity contribution in [3.8, 4) is 5.75 Å². The number of carbonyl (C=O) groups excluding carboxylic acids is 2. The molecule has 1 amide bonds.